The van der Waals surface area contributed by atoms with Crippen LogP contribution < -0.4 is 16.2 Å². The van der Waals surface area contributed by atoms with Crippen LogP contribution in [0.4, 0.5) is 11.5 Å². The SMILES string of the molecule is CN(CC#N)C(=O)c1cc2ccc(-c3nccc(Nc4ccc(C5CNNC5)cc4)n3)cc2[nH]1. The summed E-state index contributed by atoms with van der Waals surface area (Å²) in [5.41, 5.74) is 10.6. The van der Waals surface area contributed by atoms with Crippen molar-refractivity contribution in [3.63, 3.8) is 0 Å². The second-order valence-corrected chi connectivity index (χ2v) is 8.28. The number of carbonyl (C=O) groups excluding carboxylic acids is 1. The Labute approximate surface area is 196 Å². The van der Waals surface area contributed by atoms with E-state index in [1.54, 1.807) is 19.3 Å². The number of rotatable bonds is 6. The summed E-state index contributed by atoms with van der Waals surface area (Å²) in [6, 6.07) is 19.8. The molecule has 0 radical (unpaired) electrons. The highest BCUT2D eigenvalue weighted by molar-refractivity contribution is 5.98. The Hall–Kier alpha value is -4.26. The van der Waals surface area contributed by atoms with E-state index in [-0.39, 0.29) is 12.5 Å². The molecule has 0 unspecified atom stereocenters. The number of fused-ring (bicyclic) bond motifs is 1. The van der Waals surface area contributed by atoms with Gasteiger partial charge >= 0.3 is 0 Å². The normalized spacial score (nSPS) is 13.6. The van der Waals surface area contributed by atoms with Gasteiger partial charge in [0.05, 0.1) is 6.07 Å². The summed E-state index contributed by atoms with van der Waals surface area (Å²) in [6.07, 6.45) is 1.72. The Morgan fingerprint density at radius 2 is 1.94 bits per heavy atom. The molecule has 1 fully saturated rings. The molecule has 9 nitrogen and oxygen atoms in total. The van der Waals surface area contributed by atoms with Crippen LogP contribution in [0.1, 0.15) is 22.0 Å². The zero-order valence-electron chi connectivity index (χ0n) is 18.7. The molecule has 2 aromatic carbocycles. The highest BCUT2D eigenvalue weighted by Gasteiger charge is 2.16. The summed E-state index contributed by atoms with van der Waals surface area (Å²) < 4.78 is 0. The number of nitrogens with zero attached hydrogens (tertiary/aromatic N) is 4. The smallest absolute Gasteiger partial charge is 0.270 e. The molecule has 9 heteroatoms. The van der Waals surface area contributed by atoms with Crippen LogP contribution in [0.3, 0.4) is 0 Å². The van der Waals surface area contributed by atoms with Gasteiger partial charge in [-0.2, -0.15) is 5.26 Å². The second kappa shape index (κ2) is 9.31. The highest BCUT2D eigenvalue weighted by atomic mass is 16.2. The van der Waals surface area contributed by atoms with Crippen LogP contribution in [-0.4, -0.2) is 52.4 Å². The number of H-pyrrole nitrogens is 1. The lowest BCUT2D eigenvalue weighted by molar-refractivity contribution is 0.0807. The Morgan fingerprint density at radius 1 is 1.15 bits per heavy atom. The molecule has 34 heavy (non-hydrogen) atoms. The van der Waals surface area contributed by atoms with Crippen LogP contribution in [0.15, 0.2) is 60.8 Å². The lowest BCUT2D eigenvalue weighted by atomic mass is 10.0. The zero-order valence-corrected chi connectivity index (χ0v) is 18.7. The number of carbonyl (C=O) groups is 1. The van der Waals surface area contributed by atoms with Crippen molar-refractivity contribution in [1.29, 1.82) is 5.26 Å². The maximum atomic E-state index is 12.5. The molecule has 0 saturated carbocycles. The number of amides is 1. The molecule has 0 atom stereocenters. The number of hydrogen-bond acceptors (Lipinski definition) is 7. The van der Waals surface area contributed by atoms with Gasteiger partial charge in [-0.15, -0.1) is 0 Å². The Balaban J connectivity index is 1.34. The molecule has 170 valence electrons. The third-order valence-electron chi connectivity index (χ3n) is 5.90. The van der Waals surface area contributed by atoms with Gasteiger partial charge in [-0.3, -0.25) is 15.6 Å². The summed E-state index contributed by atoms with van der Waals surface area (Å²) >= 11 is 0. The molecular formula is C25H24N8O. The van der Waals surface area contributed by atoms with E-state index >= 15 is 0 Å². The maximum Gasteiger partial charge on any atom is 0.270 e. The van der Waals surface area contributed by atoms with Gasteiger partial charge in [0.1, 0.15) is 18.1 Å². The number of hydrogen-bond donors (Lipinski definition) is 4. The van der Waals surface area contributed by atoms with E-state index in [1.165, 1.54) is 10.5 Å². The molecular weight excluding hydrogens is 428 g/mol. The molecule has 5 rings (SSSR count). The van der Waals surface area contributed by atoms with Crippen LogP contribution in [0, 0.1) is 11.3 Å². The van der Waals surface area contributed by atoms with Gasteiger partial charge < -0.3 is 15.2 Å². The summed E-state index contributed by atoms with van der Waals surface area (Å²) in [4.78, 5) is 26.1. The predicted molar refractivity (Wildman–Crippen MR) is 130 cm³/mol. The molecule has 1 aliphatic rings. The van der Waals surface area contributed by atoms with Crippen LogP contribution >= 0.6 is 0 Å². The fraction of sp³-hybridized carbons (Fsp3) is 0.200. The largest absolute Gasteiger partial charge is 0.351 e. The van der Waals surface area contributed by atoms with Gasteiger partial charge in [-0.25, -0.2) is 9.97 Å². The predicted octanol–water partition coefficient (Wildman–Crippen LogP) is 3.16. The molecule has 1 aliphatic heterocycles. The van der Waals surface area contributed by atoms with Crippen molar-refractivity contribution in [2.75, 3.05) is 32.0 Å². The topological polar surface area (TPSA) is 122 Å². The number of nitrogens with one attached hydrogen (secondary N) is 4. The summed E-state index contributed by atoms with van der Waals surface area (Å²) in [5, 5.41) is 13.1. The van der Waals surface area contributed by atoms with Gasteiger partial charge in [-0.05, 0) is 35.9 Å². The number of nitriles is 1. The second-order valence-electron chi connectivity index (χ2n) is 8.28. The molecule has 4 aromatic rings. The van der Waals surface area contributed by atoms with Crippen LogP contribution in [-0.2, 0) is 0 Å². The average molecular weight is 453 g/mol. The first-order valence-electron chi connectivity index (χ1n) is 11.0. The number of benzene rings is 2. The third kappa shape index (κ3) is 4.45. The van der Waals surface area contributed by atoms with Crippen LogP contribution in [0.2, 0.25) is 0 Å². The van der Waals surface area contributed by atoms with Crippen molar-refractivity contribution in [3.05, 3.63) is 72.1 Å². The fourth-order valence-corrected chi connectivity index (χ4v) is 4.02. The van der Waals surface area contributed by atoms with E-state index in [9.17, 15) is 4.79 Å². The van der Waals surface area contributed by atoms with Crippen molar-refractivity contribution >= 4 is 28.3 Å². The third-order valence-corrected chi connectivity index (χ3v) is 5.90. The van der Waals surface area contributed by atoms with Gasteiger partial charge in [0.25, 0.3) is 5.91 Å². The van der Waals surface area contributed by atoms with Gasteiger partial charge in [-0.1, -0.05) is 24.3 Å². The number of hydrazine groups is 1. The lowest BCUT2D eigenvalue weighted by Gasteiger charge is -2.11. The van der Waals surface area contributed by atoms with Crippen molar-refractivity contribution in [3.8, 4) is 17.5 Å². The summed E-state index contributed by atoms with van der Waals surface area (Å²) in [6.45, 7) is 1.89. The van der Waals surface area contributed by atoms with E-state index in [1.807, 2.05) is 30.3 Å². The van der Waals surface area contributed by atoms with Gasteiger partial charge in [0.2, 0.25) is 0 Å². The quantitative estimate of drug-likeness (QED) is 0.332. The van der Waals surface area contributed by atoms with E-state index in [0.29, 0.717) is 23.3 Å². The molecule has 0 aliphatic carbocycles. The first-order valence-corrected chi connectivity index (χ1v) is 11.0. The first kappa shape index (κ1) is 21.6. The van der Waals surface area contributed by atoms with Crippen molar-refractivity contribution in [1.82, 2.24) is 30.7 Å². The molecule has 3 heterocycles. The fourth-order valence-electron chi connectivity index (χ4n) is 4.02. The molecule has 1 amide bonds. The van der Waals surface area contributed by atoms with Gasteiger partial charge in [0, 0.05) is 54.4 Å². The minimum absolute atomic E-state index is 0.0325. The van der Waals surface area contributed by atoms with Crippen LogP contribution in [0.25, 0.3) is 22.3 Å². The minimum Gasteiger partial charge on any atom is -0.351 e. The lowest BCUT2D eigenvalue weighted by Crippen LogP contribution is -2.27. The number of aromatic amines is 1. The molecule has 1 saturated heterocycles. The van der Waals surface area contributed by atoms with E-state index < -0.39 is 0 Å². The number of anilines is 2. The van der Waals surface area contributed by atoms with E-state index in [2.05, 4.69) is 55.4 Å². The Kier molecular flexibility index (Phi) is 5.91. The summed E-state index contributed by atoms with van der Waals surface area (Å²) in [7, 11) is 1.60. The van der Waals surface area contributed by atoms with Crippen molar-refractivity contribution in [2.45, 2.75) is 5.92 Å². The van der Waals surface area contributed by atoms with Crippen molar-refractivity contribution in [2.24, 2.45) is 0 Å². The molecule has 4 N–H and O–H groups in total. The van der Waals surface area contributed by atoms with Crippen LogP contribution in [0.5, 0.6) is 0 Å². The zero-order chi connectivity index (χ0) is 23.5. The average Bonchev–Trinajstić information content (AvgIpc) is 3.54. The highest BCUT2D eigenvalue weighted by Crippen LogP contribution is 2.25. The molecule has 0 bridgehead atoms. The molecule has 2 aromatic heterocycles. The van der Waals surface area contributed by atoms with Gasteiger partial charge in [0.15, 0.2) is 5.82 Å². The number of aromatic nitrogens is 3. The minimum atomic E-state index is -0.228. The maximum absolute atomic E-state index is 12.5. The summed E-state index contributed by atoms with van der Waals surface area (Å²) in [5.74, 6) is 1.52. The first-order chi connectivity index (χ1) is 16.6. The van der Waals surface area contributed by atoms with E-state index in [0.717, 1.165) is 35.2 Å². The standard InChI is InChI=1S/C25H24N8O/c1-33(11-9-26)25(34)22-12-17-2-3-18(13-21(17)31-22)24-27-10-8-23(32-24)30-20-6-4-16(5-7-20)19-14-28-29-15-19/h2-8,10,12-13,19,28-29,31H,11,14-15H2,1H3,(H,27,30,32). The Morgan fingerprint density at radius 3 is 2.71 bits per heavy atom. The monoisotopic (exact) mass is 452 g/mol. The molecule has 0 spiro atoms. The van der Waals surface area contributed by atoms with E-state index in [4.69, 9.17) is 5.26 Å². The van der Waals surface area contributed by atoms with Crippen molar-refractivity contribution < 1.29 is 4.79 Å². The Bertz CT molecular complexity index is 1370.